The maximum absolute atomic E-state index is 11.9. The van der Waals surface area contributed by atoms with Crippen molar-refractivity contribution in [2.75, 3.05) is 6.61 Å². The van der Waals surface area contributed by atoms with E-state index in [9.17, 15) is 33.1 Å². The number of hydrogen-bond acceptors (Lipinski definition) is 10. The third-order valence-corrected chi connectivity index (χ3v) is 5.49. The van der Waals surface area contributed by atoms with Gasteiger partial charge in [-0.3, -0.25) is 0 Å². The Bertz CT molecular complexity index is 1270. The monoisotopic (exact) mass is 460 g/mol. The summed E-state index contributed by atoms with van der Waals surface area (Å²) in [6.45, 7) is -0.269. The average molecular weight is 460 g/mol. The van der Waals surface area contributed by atoms with Crippen LogP contribution in [-0.4, -0.2) is 59.5 Å². The molecule has 3 N–H and O–H groups in total. The molecule has 0 spiro atoms. The molecular formula is C19H17NaO10S. The molecule has 31 heavy (non-hydrogen) atoms. The second-order valence-electron chi connectivity index (χ2n) is 6.95. The summed E-state index contributed by atoms with van der Waals surface area (Å²) >= 11 is 0. The van der Waals surface area contributed by atoms with Crippen LogP contribution in [0.25, 0.3) is 21.7 Å². The number of rotatable bonds is 4. The minimum absolute atomic E-state index is 0. The number of ether oxygens (including phenoxy) is 2. The van der Waals surface area contributed by atoms with Gasteiger partial charge in [-0.15, -0.1) is 0 Å². The normalized spacial score (nSPS) is 24.1. The Kier molecular flexibility index (Phi) is 7.11. The van der Waals surface area contributed by atoms with Gasteiger partial charge < -0.3 is 33.8 Å². The van der Waals surface area contributed by atoms with Gasteiger partial charge in [0.25, 0.3) is 0 Å². The molecule has 1 aliphatic rings. The summed E-state index contributed by atoms with van der Waals surface area (Å²) in [7, 11) is -4.67. The molecule has 2 heterocycles. The summed E-state index contributed by atoms with van der Waals surface area (Å²) < 4.78 is 50.1. The first-order valence-electron chi connectivity index (χ1n) is 8.88. The van der Waals surface area contributed by atoms with Crippen LogP contribution >= 0.6 is 0 Å². The molecule has 1 aliphatic heterocycles. The van der Waals surface area contributed by atoms with Gasteiger partial charge in [0, 0.05) is 22.9 Å². The molecule has 1 aromatic heterocycles. The molecule has 1 unspecified atom stereocenters. The first-order valence-corrected chi connectivity index (χ1v) is 10.5. The quantitative estimate of drug-likeness (QED) is 0.156. The molecular weight excluding hydrogens is 443 g/mol. The third kappa shape index (κ3) is 4.95. The van der Waals surface area contributed by atoms with E-state index in [0.29, 0.717) is 10.8 Å². The molecule has 0 radical (unpaired) electrons. The largest absolute Gasteiger partial charge is 1.00 e. The van der Waals surface area contributed by atoms with Gasteiger partial charge in [0.1, 0.15) is 29.6 Å². The van der Waals surface area contributed by atoms with Crippen LogP contribution in [0.4, 0.5) is 0 Å². The predicted molar refractivity (Wildman–Crippen MR) is 102 cm³/mol. The summed E-state index contributed by atoms with van der Waals surface area (Å²) in [4.78, 5) is 11.9. The van der Waals surface area contributed by atoms with Crippen LogP contribution in [-0.2, 0) is 20.6 Å². The average Bonchev–Trinajstić information content (AvgIpc) is 2.66. The Hall–Kier alpha value is -1.54. The fraction of sp³-hybridized carbons (Fsp3) is 0.316. The van der Waals surface area contributed by atoms with Crippen molar-refractivity contribution < 1.29 is 71.7 Å². The van der Waals surface area contributed by atoms with Crippen LogP contribution in [0.3, 0.4) is 0 Å². The van der Waals surface area contributed by atoms with E-state index in [0.717, 1.165) is 6.07 Å². The van der Waals surface area contributed by atoms with Gasteiger partial charge in [-0.25, -0.2) is 13.2 Å². The summed E-state index contributed by atoms with van der Waals surface area (Å²) in [6.07, 6.45) is -5.63. The van der Waals surface area contributed by atoms with Gasteiger partial charge in [-0.05, 0) is 10.9 Å². The second-order valence-corrected chi connectivity index (χ2v) is 8.36. The van der Waals surface area contributed by atoms with Crippen LogP contribution in [0.15, 0.2) is 45.6 Å². The molecule has 0 aliphatic carbocycles. The summed E-state index contributed by atoms with van der Waals surface area (Å²) in [6, 6.07) is 8.89. The molecule has 0 saturated carbocycles. The number of benzene rings is 2. The van der Waals surface area contributed by atoms with Crippen LogP contribution in [0, 0.1) is 0 Å². The molecule has 12 heteroatoms. The summed E-state index contributed by atoms with van der Waals surface area (Å²) in [5, 5.41) is 30.7. The van der Waals surface area contributed by atoms with E-state index < -0.39 is 46.1 Å². The molecule has 4 rings (SSSR count). The first-order chi connectivity index (χ1) is 14.1. The van der Waals surface area contributed by atoms with Gasteiger partial charge in [0.2, 0.25) is 6.29 Å². The Balaban J connectivity index is 0.00000272. The zero-order chi connectivity index (χ0) is 21.6. The van der Waals surface area contributed by atoms with Gasteiger partial charge in [-0.1, -0.05) is 24.3 Å². The van der Waals surface area contributed by atoms with E-state index in [1.165, 1.54) is 6.07 Å². The van der Waals surface area contributed by atoms with E-state index >= 15 is 0 Å². The van der Waals surface area contributed by atoms with Crippen molar-refractivity contribution in [3.05, 3.63) is 52.4 Å². The first kappa shape index (κ1) is 24.1. The van der Waals surface area contributed by atoms with Crippen molar-refractivity contribution in [1.82, 2.24) is 0 Å². The minimum atomic E-state index is -4.67. The third-order valence-electron chi connectivity index (χ3n) is 4.82. The van der Waals surface area contributed by atoms with E-state index in [-0.39, 0.29) is 58.4 Å². The van der Waals surface area contributed by atoms with E-state index in [1.807, 2.05) is 0 Å². The fourth-order valence-electron chi connectivity index (χ4n) is 3.49. The Morgan fingerprint density at radius 1 is 1.10 bits per heavy atom. The summed E-state index contributed by atoms with van der Waals surface area (Å²) in [5.74, 6) is -0.774. The molecule has 1 fully saturated rings. The topological polar surface area (TPSA) is 167 Å². The van der Waals surface area contributed by atoms with Crippen LogP contribution in [0.5, 0.6) is 5.75 Å². The van der Waals surface area contributed by atoms with E-state index in [2.05, 4.69) is 0 Å². The Morgan fingerprint density at radius 2 is 1.77 bits per heavy atom. The molecule has 10 nitrogen and oxygen atoms in total. The molecule has 160 valence electrons. The number of aliphatic hydroxyl groups excluding tert-OH is 3. The minimum Gasteiger partial charge on any atom is -0.748 e. The standard InChI is InChI=1S/C19H18O10S.Na/c20-12-7-27-19(18(23)17(12)22)29-13-6-14-16(11-4-2-1-3-10(11)13)9(5-15(21)28-14)8-30(24,25)26;/h1-6,12,17-20,22-23H,7-8H2,(H,24,25,26);/q;+1/p-1/t12-,17-,18?,19+;/m1./s1. The number of fused-ring (bicyclic) bond motifs is 3. The van der Waals surface area contributed by atoms with Crippen LogP contribution in [0.1, 0.15) is 5.56 Å². The van der Waals surface area contributed by atoms with Crippen molar-refractivity contribution in [3.63, 3.8) is 0 Å². The van der Waals surface area contributed by atoms with Gasteiger partial charge in [-0.2, -0.15) is 0 Å². The second kappa shape index (κ2) is 9.14. The van der Waals surface area contributed by atoms with Crippen molar-refractivity contribution in [1.29, 1.82) is 0 Å². The van der Waals surface area contributed by atoms with Gasteiger partial charge in [0.15, 0.2) is 0 Å². The smallest absolute Gasteiger partial charge is 0.748 e. The van der Waals surface area contributed by atoms with E-state index in [4.69, 9.17) is 13.9 Å². The zero-order valence-electron chi connectivity index (χ0n) is 16.3. The molecule has 0 bridgehead atoms. The van der Waals surface area contributed by atoms with Crippen molar-refractivity contribution in [2.24, 2.45) is 0 Å². The molecule has 1 saturated heterocycles. The maximum Gasteiger partial charge on any atom is 1.00 e. The van der Waals surface area contributed by atoms with Gasteiger partial charge >= 0.3 is 35.2 Å². The van der Waals surface area contributed by atoms with E-state index in [1.54, 1.807) is 24.3 Å². The number of hydrogen-bond donors (Lipinski definition) is 3. The fourth-order valence-corrected chi connectivity index (χ4v) is 4.10. The van der Waals surface area contributed by atoms with Gasteiger partial charge in [0.05, 0.1) is 22.5 Å². The Morgan fingerprint density at radius 3 is 2.45 bits per heavy atom. The SMILES string of the molecule is O=c1cc(CS(=O)(=O)[O-])c2c(cc(O[C@@H]3OC[C@@H](O)[C@@H](O)C3O)c3ccccc32)o1.[Na+]. The zero-order valence-corrected chi connectivity index (χ0v) is 19.1. The van der Waals surface area contributed by atoms with Crippen LogP contribution < -0.4 is 39.9 Å². The predicted octanol–water partition coefficient (Wildman–Crippen LogP) is -3.19. The summed E-state index contributed by atoms with van der Waals surface area (Å²) in [5.41, 5.74) is -0.887. The van der Waals surface area contributed by atoms with Crippen molar-refractivity contribution >= 4 is 31.9 Å². The molecule has 0 amide bonds. The van der Waals surface area contributed by atoms with Crippen LogP contribution in [0.2, 0.25) is 0 Å². The number of aliphatic hydroxyl groups is 3. The maximum atomic E-state index is 11.9. The Labute approximate surface area is 198 Å². The molecule has 2 aromatic carbocycles. The molecule has 4 atom stereocenters. The molecule has 3 aromatic rings. The van der Waals surface area contributed by atoms with Crippen molar-refractivity contribution in [3.8, 4) is 5.75 Å². The van der Waals surface area contributed by atoms with Crippen molar-refractivity contribution in [2.45, 2.75) is 30.4 Å².